The molecule has 4 heterocycles. The Hall–Kier alpha value is -3.75. The van der Waals surface area contributed by atoms with Gasteiger partial charge in [0, 0.05) is 62.5 Å². The van der Waals surface area contributed by atoms with Crippen LogP contribution in [0, 0.1) is 17.6 Å². The Labute approximate surface area is 188 Å². The highest BCUT2D eigenvalue weighted by atomic mass is 19.2. The first-order valence-electron chi connectivity index (χ1n) is 11.1. The summed E-state index contributed by atoms with van der Waals surface area (Å²) in [5, 5.41) is 8.02. The van der Waals surface area contributed by atoms with E-state index >= 15 is 4.39 Å². The Bertz CT molecular complexity index is 1520. The lowest BCUT2D eigenvalue weighted by Gasteiger charge is -2.24. The van der Waals surface area contributed by atoms with Gasteiger partial charge in [0.25, 0.3) is 0 Å². The second-order valence-corrected chi connectivity index (χ2v) is 8.72. The molecule has 1 fully saturated rings. The molecule has 0 bridgehead atoms. The van der Waals surface area contributed by atoms with Gasteiger partial charge in [-0.05, 0) is 12.3 Å². The van der Waals surface area contributed by atoms with Gasteiger partial charge in [0.1, 0.15) is 5.65 Å². The normalized spacial score (nSPS) is 13.9. The minimum atomic E-state index is -0.899. The predicted molar refractivity (Wildman–Crippen MR) is 126 cm³/mol. The predicted octanol–water partition coefficient (Wildman–Crippen LogP) is 4.98. The fraction of sp³-hybridized carbons (Fsp3) is 0.292. The van der Waals surface area contributed by atoms with Crippen LogP contribution < -0.4 is 10.2 Å². The van der Waals surface area contributed by atoms with E-state index in [1.54, 1.807) is 30.2 Å². The number of hydrogen-bond acceptors (Lipinski definition) is 5. The summed E-state index contributed by atoms with van der Waals surface area (Å²) in [5.74, 6) is -1.04. The van der Waals surface area contributed by atoms with Crippen LogP contribution in [0.3, 0.4) is 0 Å². The van der Waals surface area contributed by atoms with E-state index < -0.39 is 11.6 Å². The van der Waals surface area contributed by atoms with Gasteiger partial charge in [-0.3, -0.25) is 0 Å². The SMILES string of the molecule is CNc1cc(F)c(F)c2c1[nH]c1ncc(-c3cnc4ccnn4c3)c(N(C)CCC3CC3)c12. The van der Waals surface area contributed by atoms with E-state index in [0.717, 1.165) is 41.3 Å². The largest absolute Gasteiger partial charge is 0.386 e. The average molecular weight is 447 g/mol. The number of pyridine rings is 1. The molecule has 2 N–H and O–H groups in total. The van der Waals surface area contributed by atoms with E-state index in [9.17, 15) is 4.39 Å². The van der Waals surface area contributed by atoms with Crippen LogP contribution in [0.15, 0.2) is 36.9 Å². The van der Waals surface area contributed by atoms with Crippen molar-refractivity contribution in [1.82, 2.24) is 24.6 Å². The third-order valence-electron chi connectivity index (χ3n) is 6.54. The van der Waals surface area contributed by atoms with E-state index in [-0.39, 0.29) is 5.39 Å². The molecule has 1 saturated carbocycles. The lowest BCUT2D eigenvalue weighted by atomic mass is 10.0. The molecule has 1 aromatic carbocycles. The molecule has 1 aliphatic rings. The van der Waals surface area contributed by atoms with Crippen molar-refractivity contribution in [1.29, 1.82) is 0 Å². The number of H-pyrrole nitrogens is 1. The summed E-state index contributed by atoms with van der Waals surface area (Å²) >= 11 is 0. The van der Waals surface area contributed by atoms with Crippen molar-refractivity contribution >= 4 is 39.0 Å². The van der Waals surface area contributed by atoms with Crippen LogP contribution in [0.4, 0.5) is 20.2 Å². The van der Waals surface area contributed by atoms with Gasteiger partial charge in [0.2, 0.25) is 0 Å². The molecule has 0 saturated heterocycles. The van der Waals surface area contributed by atoms with Gasteiger partial charge in [-0.25, -0.2) is 23.3 Å². The van der Waals surface area contributed by atoms with Gasteiger partial charge in [-0.15, -0.1) is 0 Å². The van der Waals surface area contributed by atoms with Crippen molar-refractivity contribution in [2.45, 2.75) is 19.3 Å². The molecule has 0 atom stereocenters. The zero-order valence-corrected chi connectivity index (χ0v) is 18.4. The Balaban J connectivity index is 1.66. The van der Waals surface area contributed by atoms with Crippen LogP contribution >= 0.6 is 0 Å². The Kier molecular flexibility index (Phi) is 4.46. The molecular weight excluding hydrogens is 424 g/mol. The van der Waals surface area contributed by atoms with E-state index in [0.29, 0.717) is 22.2 Å². The molecule has 1 aliphatic carbocycles. The zero-order chi connectivity index (χ0) is 22.7. The van der Waals surface area contributed by atoms with Crippen LogP contribution in [0.25, 0.3) is 38.7 Å². The first kappa shape index (κ1) is 19.9. The molecule has 0 radical (unpaired) electrons. The molecule has 4 aromatic heterocycles. The molecule has 0 amide bonds. The molecular formula is C24H23F2N7. The standard InChI is InChI=1S/C24H23F2N7/c1-27-17-9-16(25)21(26)19-20-23(32(2)8-6-13-3-4-13)15(11-29-24(20)31-22(17)19)14-10-28-18-5-7-30-33(18)12-14/h5,7,9-13,27H,3-4,6,8H2,1-2H3,(H,29,31). The van der Waals surface area contributed by atoms with Crippen molar-refractivity contribution in [3.05, 3.63) is 48.6 Å². The lowest BCUT2D eigenvalue weighted by Crippen LogP contribution is -2.20. The van der Waals surface area contributed by atoms with Crippen LogP contribution in [0.5, 0.6) is 0 Å². The first-order chi connectivity index (χ1) is 16.0. The van der Waals surface area contributed by atoms with Crippen LogP contribution in [-0.2, 0) is 0 Å². The van der Waals surface area contributed by atoms with E-state index in [1.165, 1.54) is 18.9 Å². The topological polar surface area (TPSA) is 74.1 Å². The Morgan fingerprint density at radius 2 is 2.06 bits per heavy atom. The fourth-order valence-electron chi connectivity index (χ4n) is 4.59. The molecule has 168 valence electrons. The molecule has 6 rings (SSSR count). The smallest absolute Gasteiger partial charge is 0.169 e. The number of aromatic nitrogens is 5. The van der Waals surface area contributed by atoms with Crippen molar-refractivity contribution < 1.29 is 8.78 Å². The monoisotopic (exact) mass is 447 g/mol. The summed E-state index contributed by atoms with van der Waals surface area (Å²) in [5.41, 5.74) is 4.61. The van der Waals surface area contributed by atoms with Crippen molar-refractivity contribution in [3.63, 3.8) is 0 Å². The van der Waals surface area contributed by atoms with Crippen molar-refractivity contribution in [2.75, 3.05) is 30.9 Å². The third-order valence-corrected chi connectivity index (χ3v) is 6.54. The summed E-state index contributed by atoms with van der Waals surface area (Å²) in [6.07, 6.45) is 10.7. The maximum atomic E-state index is 15.3. The summed E-state index contributed by atoms with van der Waals surface area (Å²) in [6.45, 7) is 0.802. The number of nitrogens with one attached hydrogen (secondary N) is 2. The summed E-state index contributed by atoms with van der Waals surface area (Å²) < 4.78 is 31.5. The fourth-order valence-corrected chi connectivity index (χ4v) is 4.59. The highest BCUT2D eigenvalue weighted by Crippen LogP contribution is 2.43. The molecule has 0 aliphatic heterocycles. The maximum Gasteiger partial charge on any atom is 0.169 e. The number of aromatic amines is 1. The van der Waals surface area contributed by atoms with Gasteiger partial charge in [0.05, 0.1) is 33.9 Å². The van der Waals surface area contributed by atoms with Crippen molar-refractivity contribution in [3.8, 4) is 11.1 Å². The lowest BCUT2D eigenvalue weighted by molar-refractivity contribution is 0.518. The van der Waals surface area contributed by atoms with Gasteiger partial charge < -0.3 is 15.2 Å². The molecule has 7 nitrogen and oxygen atoms in total. The minimum Gasteiger partial charge on any atom is -0.386 e. The Morgan fingerprint density at radius 3 is 2.85 bits per heavy atom. The minimum absolute atomic E-state index is 0.199. The van der Waals surface area contributed by atoms with Gasteiger partial charge in [0.15, 0.2) is 17.3 Å². The average Bonchev–Trinajstić information content (AvgIpc) is 3.39. The van der Waals surface area contributed by atoms with Crippen LogP contribution in [0.1, 0.15) is 19.3 Å². The second-order valence-electron chi connectivity index (χ2n) is 8.72. The number of benzene rings is 1. The summed E-state index contributed by atoms with van der Waals surface area (Å²) in [7, 11) is 3.68. The second kappa shape index (κ2) is 7.40. The number of fused-ring (bicyclic) bond motifs is 4. The maximum absolute atomic E-state index is 15.3. The highest BCUT2D eigenvalue weighted by Gasteiger charge is 2.26. The Morgan fingerprint density at radius 1 is 1.21 bits per heavy atom. The van der Waals surface area contributed by atoms with Crippen molar-refractivity contribution in [2.24, 2.45) is 5.92 Å². The van der Waals surface area contributed by atoms with E-state index in [4.69, 9.17) is 0 Å². The van der Waals surface area contributed by atoms with Gasteiger partial charge in [-0.1, -0.05) is 12.8 Å². The molecule has 5 aromatic rings. The molecule has 0 unspecified atom stereocenters. The van der Waals surface area contributed by atoms with E-state index in [1.807, 2.05) is 19.3 Å². The highest BCUT2D eigenvalue weighted by molar-refractivity contribution is 6.17. The molecule has 9 heteroatoms. The van der Waals surface area contributed by atoms with Gasteiger partial charge in [-0.2, -0.15) is 5.10 Å². The van der Waals surface area contributed by atoms with E-state index in [2.05, 4.69) is 30.3 Å². The van der Waals surface area contributed by atoms with Crippen LogP contribution in [-0.4, -0.2) is 45.2 Å². The quantitative estimate of drug-likeness (QED) is 0.384. The number of anilines is 2. The number of nitrogens with zero attached hydrogens (tertiary/aromatic N) is 5. The zero-order valence-electron chi connectivity index (χ0n) is 18.4. The molecule has 33 heavy (non-hydrogen) atoms. The van der Waals surface area contributed by atoms with Gasteiger partial charge >= 0.3 is 0 Å². The first-order valence-corrected chi connectivity index (χ1v) is 11.1. The number of hydrogen-bond donors (Lipinski definition) is 2. The van der Waals surface area contributed by atoms with Crippen LogP contribution in [0.2, 0.25) is 0 Å². The molecule has 0 spiro atoms. The summed E-state index contributed by atoms with van der Waals surface area (Å²) in [4.78, 5) is 14.4. The third kappa shape index (κ3) is 3.18. The number of rotatable bonds is 6. The summed E-state index contributed by atoms with van der Waals surface area (Å²) in [6, 6.07) is 2.99. The number of halogens is 2.